The van der Waals surface area contributed by atoms with Gasteiger partial charge in [0.25, 0.3) is 5.91 Å². The van der Waals surface area contributed by atoms with E-state index in [1.807, 2.05) is 0 Å². The summed E-state index contributed by atoms with van der Waals surface area (Å²) < 4.78 is 38.2. The van der Waals surface area contributed by atoms with Crippen LogP contribution in [0.1, 0.15) is 77.8 Å². The molecule has 2 N–H and O–H groups in total. The summed E-state index contributed by atoms with van der Waals surface area (Å²) in [7, 11) is 0. The Bertz CT molecular complexity index is 1720. The average molecular weight is 671 g/mol. The number of Topliss-reactive ketones (excluding diaryl/α,β-unsaturated/α-hetero) is 1. The second-order valence-electron chi connectivity index (χ2n) is 11.7. The van der Waals surface area contributed by atoms with Crippen molar-refractivity contribution in [3.8, 4) is 11.5 Å². The molecule has 4 aromatic carbocycles. The normalized spacial score (nSPS) is 11.3. The zero-order valence-electron chi connectivity index (χ0n) is 27.6. The maximum Gasteiger partial charge on any atom is 0.343 e. The van der Waals surface area contributed by atoms with Crippen molar-refractivity contribution in [1.82, 2.24) is 5.32 Å². The first-order chi connectivity index (χ1) is 23.6. The highest BCUT2D eigenvalue weighted by molar-refractivity contribution is 5.98. The summed E-state index contributed by atoms with van der Waals surface area (Å²) in [4.78, 5) is 50.3. The van der Waals surface area contributed by atoms with Crippen LogP contribution in [0.3, 0.4) is 0 Å². The van der Waals surface area contributed by atoms with E-state index in [1.165, 1.54) is 56.5 Å². The molecule has 2 amide bonds. The van der Waals surface area contributed by atoms with Crippen LogP contribution in [0.15, 0.2) is 91.0 Å². The molecule has 0 heterocycles. The quantitative estimate of drug-likeness (QED) is 0.0679. The van der Waals surface area contributed by atoms with E-state index in [4.69, 9.17) is 9.47 Å². The smallest absolute Gasteiger partial charge is 0.343 e. The molecular formula is C39H40F2N2O6. The molecule has 0 aliphatic rings. The van der Waals surface area contributed by atoms with Crippen LogP contribution < -0.4 is 20.1 Å². The summed E-state index contributed by atoms with van der Waals surface area (Å²) in [5.41, 5.74) is 1.82. The van der Waals surface area contributed by atoms with Gasteiger partial charge in [-0.2, -0.15) is 0 Å². The molecule has 256 valence electrons. The molecule has 0 radical (unpaired) electrons. The molecule has 49 heavy (non-hydrogen) atoms. The first kappa shape index (κ1) is 36.5. The van der Waals surface area contributed by atoms with Crippen molar-refractivity contribution in [2.45, 2.75) is 64.8 Å². The fraction of sp³-hybridized carbons (Fsp3) is 0.282. The molecule has 0 aromatic heterocycles. The van der Waals surface area contributed by atoms with E-state index in [1.54, 1.807) is 48.5 Å². The fourth-order valence-corrected chi connectivity index (χ4v) is 4.96. The number of halogens is 2. The van der Waals surface area contributed by atoms with E-state index in [2.05, 4.69) is 17.6 Å². The number of amides is 2. The number of carbonyl (C=O) groups excluding carboxylic acids is 4. The van der Waals surface area contributed by atoms with E-state index >= 15 is 0 Å². The van der Waals surface area contributed by atoms with Crippen LogP contribution in [0.25, 0.3) is 0 Å². The third-order valence-electron chi connectivity index (χ3n) is 7.77. The number of nitrogens with one attached hydrogen (secondary N) is 2. The monoisotopic (exact) mass is 670 g/mol. The zero-order chi connectivity index (χ0) is 35.2. The molecule has 0 bridgehead atoms. The van der Waals surface area contributed by atoms with Gasteiger partial charge in [0, 0.05) is 17.3 Å². The van der Waals surface area contributed by atoms with E-state index in [9.17, 15) is 28.0 Å². The van der Waals surface area contributed by atoms with Crippen molar-refractivity contribution < 1.29 is 37.4 Å². The van der Waals surface area contributed by atoms with Gasteiger partial charge in [0.05, 0.1) is 24.6 Å². The summed E-state index contributed by atoms with van der Waals surface area (Å²) in [6.07, 6.45) is 5.67. The van der Waals surface area contributed by atoms with Crippen molar-refractivity contribution in [1.29, 1.82) is 0 Å². The lowest BCUT2D eigenvalue weighted by Gasteiger charge is -2.17. The van der Waals surface area contributed by atoms with Crippen LogP contribution in [-0.2, 0) is 22.4 Å². The summed E-state index contributed by atoms with van der Waals surface area (Å²) >= 11 is 0. The number of benzene rings is 4. The Morgan fingerprint density at radius 3 is 2.06 bits per heavy atom. The molecule has 8 nitrogen and oxygen atoms in total. The number of esters is 1. The SMILES string of the molecule is CCCCCCCOc1ccc(C(=O)Oc2ccc(C[C@H](NC(=O)c3ccc(NC(=O)Cc4ccc(F)cc4F)cc3)C(C)=O)cc2)cc1. The number of unbranched alkanes of at least 4 members (excludes halogenated alkanes) is 4. The number of hydrogen-bond donors (Lipinski definition) is 2. The number of anilines is 1. The van der Waals surface area contributed by atoms with Crippen LogP contribution in [-0.4, -0.2) is 36.2 Å². The van der Waals surface area contributed by atoms with Gasteiger partial charge in [-0.1, -0.05) is 50.8 Å². The number of ether oxygens (including phenoxy) is 2. The predicted molar refractivity (Wildman–Crippen MR) is 183 cm³/mol. The van der Waals surface area contributed by atoms with Gasteiger partial charge in [0.15, 0.2) is 5.78 Å². The van der Waals surface area contributed by atoms with E-state index in [-0.39, 0.29) is 29.8 Å². The minimum absolute atomic E-state index is 0.0520. The Morgan fingerprint density at radius 2 is 1.41 bits per heavy atom. The predicted octanol–water partition coefficient (Wildman–Crippen LogP) is 7.64. The van der Waals surface area contributed by atoms with Gasteiger partial charge in [-0.25, -0.2) is 13.6 Å². The molecule has 4 aromatic rings. The number of carbonyl (C=O) groups is 4. The summed E-state index contributed by atoms with van der Waals surface area (Å²) in [5, 5.41) is 5.35. The van der Waals surface area contributed by atoms with Gasteiger partial charge in [-0.15, -0.1) is 0 Å². The van der Waals surface area contributed by atoms with Crippen molar-refractivity contribution in [2.75, 3.05) is 11.9 Å². The molecule has 1 atom stereocenters. The Balaban J connectivity index is 1.25. The molecule has 0 aliphatic carbocycles. The molecule has 4 rings (SSSR count). The Labute approximate surface area is 284 Å². The van der Waals surface area contributed by atoms with E-state index < -0.39 is 35.5 Å². The second-order valence-corrected chi connectivity index (χ2v) is 11.7. The van der Waals surface area contributed by atoms with Gasteiger partial charge >= 0.3 is 5.97 Å². The van der Waals surface area contributed by atoms with Crippen molar-refractivity contribution in [2.24, 2.45) is 0 Å². The topological polar surface area (TPSA) is 111 Å². The van der Waals surface area contributed by atoms with Crippen molar-refractivity contribution >= 4 is 29.3 Å². The van der Waals surface area contributed by atoms with Crippen LogP contribution in [0.2, 0.25) is 0 Å². The van der Waals surface area contributed by atoms with Crippen LogP contribution in [0.5, 0.6) is 11.5 Å². The minimum Gasteiger partial charge on any atom is -0.494 e. The third kappa shape index (κ3) is 11.7. The van der Waals surface area contributed by atoms with Crippen LogP contribution in [0, 0.1) is 11.6 Å². The first-order valence-corrected chi connectivity index (χ1v) is 16.3. The number of rotatable bonds is 17. The Hall–Kier alpha value is -5.38. The number of hydrogen-bond acceptors (Lipinski definition) is 6. The van der Waals surface area contributed by atoms with E-state index in [0.717, 1.165) is 24.5 Å². The van der Waals surface area contributed by atoms with Gasteiger partial charge in [-0.05, 0) is 97.6 Å². The standard InChI is InChI=1S/C39H40F2N2O6/c1-3-4-5-6-7-22-48-33-20-13-29(14-21-33)39(47)49-34-18-8-27(9-19-34)23-36(26(2)44)43-38(46)28-11-16-32(17-12-28)42-37(45)24-30-10-15-31(40)25-35(30)41/h8-21,25,36H,3-7,22-24H2,1-2H3,(H,42,45)(H,43,46)/t36-/m0/s1. The first-order valence-electron chi connectivity index (χ1n) is 16.3. The molecule has 0 saturated heterocycles. The molecular weight excluding hydrogens is 630 g/mol. The summed E-state index contributed by atoms with van der Waals surface area (Å²) in [6, 6.07) is 21.7. The van der Waals surface area contributed by atoms with Crippen molar-refractivity contribution in [3.05, 3.63) is 125 Å². The lowest BCUT2D eigenvalue weighted by molar-refractivity contribution is -0.119. The molecule has 10 heteroatoms. The van der Waals surface area contributed by atoms with Crippen molar-refractivity contribution in [3.63, 3.8) is 0 Å². The largest absolute Gasteiger partial charge is 0.494 e. The molecule has 0 spiro atoms. The second kappa shape index (κ2) is 18.2. The Morgan fingerprint density at radius 1 is 0.755 bits per heavy atom. The van der Waals surface area contributed by atoms with Gasteiger partial charge in [-0.3, -0.25) is 14.4 Å². The maximum atomic E-state index is 13.9. The zero-order valence-corrected chi connectivity index (χ0v) is 27.6. The number of ketones is 1. The summed E-state index contributed by atoms with van der Waals surface area (Å²) in [6.45, 7) is 4.20. The lowest BCUT2D eigenvalue weighted by atomic mass is 10.0. The minimum atomic E-state index is -0.817. The lowest BCUT2D eigenvalue weighted by Crippen LogP contribution is -2.41. The van der Waals surface area contributed by atoms with Gasteiger partial charge in [0.2, 0.25) is 5.91 Å². The van der Waals surface area contributed by atoms with Crippen LogP contribution >= 0.6 is 0 Å². The molecule has 0 fully saturated rings. The Kier molecular flexibility index (Phi) is 13.6. The fourth-order valence-electron chi connectivity index (χ4n) is 4.96. The highest BCUT2D eigenvalue weighted by Crippen LogP contribution is 2.19. The molecule has 0 unspecified atom stereocenters. The van der Waals surface area contributed by atoms with Crippen LogP contribution in [0.4, 0.5) is 14.5 Å². The average Bonchev–Trinajstić information content (AvgIpc) is 3.08. The molecule has 0 saturated carbocycles. The highest BCUT2D eigenvalue weighted by atomic mass is 19.1. The maximum absolute atomic E-state index is 13.9. The summed E-state index contributed by atoms with van der Waals surface area (Å²) in [5.74, 6) is -2.27. The van der Waals surface area contributed by atoms with Gasteiger partial charge in [0.1, 0.15) is 23.1 Å². The van der Waals surface area contributed by atoms with E-state index in [0.29, 0.717) is 35.4 Å². The third-order valence-corrected chi connectivity index (χ3v) is 7.77. The van der Waals surface area contributed by atoms with Gasteiger partial charge < -0.3 is 20.1 Å². The highest BCUT2D eigenvalue weighted by Gasteiger charge is 2.19. The molecule has 0 aliphatic heterocycles.